The number of amides is 2. The first-order chi connectivity index (χ1) is 10.0. The van der Waals surface area contributed by atoms with Crippen molar-refractivity contribution < 1.29 is 9.59 Å². The Morgan fingerprint density at radius 1 is 1.50 bits per heavy atom. The summed E-state index contributed by atoms with van der Waals surface area (Å²) in [6, 6.07) is 2.94. The summed E-state index contributed by atoms with van der Waals surface area (Å²) in [5.41, 5.74) is 6.64. The molecule has 1 fully saturated rings. The summed E-state index contributed by atoms with van der Waals surface area (Å²) in [6.45, 7) is 4.67. The maximum Gasteiger partial charge on any atom is 0.242 e. The summed E-state index contributed by atoms with van der Waals surface area (Å²) >= 11 is 0. The van der Waals surface area contributed by atoms with Crippen LogP contribution in [-0.4, -0.2) is 29.4 Å². The second kappa shape index (κ2) is 8.10. The molecule has 0 radical (unpaired) electrons. The molecule has 122 valence electrons. The highest BCUT2D eigenvalue weighted by Crippen LogP contribution is 2.21. The van der Waals surface area contributed by atoms with Crippen LogP contribution in [0.1, 0.15) is 33.1 Å². The molecule has 1 aliphatic rings. The molecule has 2 rings (SSSR count). The Labute approximate surface area is 136 Å². The van der Waals surface area contributed by atoms with Crippen molar-refractivity contribution in [2.75, 3.05) is 16.8 Å². The summed E-state index contributed by atoms with van der Waals surface area (Å²) in [5.74, 6) is 0.454. The summed E-state index contributed by atoms with van der Waals surface area (Å²) in [4.78, 5) is 29.5. The minimum atomic E-state index is -0.545. The number of aromatic nitrogens is 1. The van der Waals surface area contributed by atoms with Crippen molar-refractivity contribution in [2.24, 2.45) is 11.7 Å². The van der Waals surface area contributed by atoms with Crippen LogP contribution in [0.5, 0.6) is 0 Å². The standard InChI is InChI=1S/C15H22N4O2.ClH/c1-3-10(2)14(16)15(21)18-12-7-6-11(9-17-12)19-8-4-5-13(19)20;/h6-7,9-10,14H,3-5,8,16H2,1-2H3,(H,17,18,21);1H. The van der Waals surface area contributed by atoms with E-state index in [2.05, 4.69) is 10.3 Å². The fraction of sp³-hybridized carbons (Fsp3) is 0.533. The van der Waals surface area contributed by atoms with Crippen molar-refractivity contribution in [1.29, 1.82) is 0 Å². The number of nitrogens with two attached hydrogens (primary N) is 1. The number of carbonyl (C=O) groups excluding carboxylic acids is 2. The van der Waals surface area contributed by atoms with Gasteiger partial charge in [0.1, 0.15) is 5.82 Å². The molecule has 6 nitrogen and oxygen atoms in total. The topological polar surface area (TPSA) is 88.3 Å². The van der Waals surface area contributed by atoms with Gasteiger partial charge in [0.15, 0.2) is 0 Å². The van der Waals surface area contributed by atoms with Gasteiger partial charge in [-0.1, -0.05) is 20.3 Å². The van der Waals surface area contributed by atoms with Crippen molar-refractivity contribution in [2.45, 2.75) is 39.2 Å². The van der Waals surface area contributed by atoms with Gasteiger partial charge in [0, 0.05) is 13.0 Å². The normalized spacial score (nSPS) is 16.9. The van der Waals surface area contributed by atoms with E-state index in [0.29, 0.717) is 12.2 Å². The Balaban J connectivity index is 0.00000242. The Bertz CT molecular complexity index is 521. The molecule has 1 saturated heterocycles. The van der Waals surface area contributed by atoms with Gasteiger partial charge in [0.25, 0.3) is 0 Å². The minimum absolute atomic E-state index is 0. The van der Waals surface area contributed by atoms with Gasteiger partial charge in [0.2, 0.25) is 11.8 Å². The predicted molar refractivity (Wildman–Crippen MR) is 89.1 cm³/mol. The maximum atomic E-state index is 12.0. The van der Waals surface area contributed by atoms with Crippen molar-refractivity contribution >= 4 is 35.7 Å². The van der Waals surface area contributed by atoms with E-state index in [9.17, 15) is 9.59 Å². The highest BCUT2D eigenvalue weighted by atomic mass is 35.5. The van der Waals surface area contributed by atoms with Crippen molar-refractivity contribution in [3.05, 3.63) is 18.3 Å². The molecule has 2 heterocycles. The SMILES string of the molecule is CCC(C)C(N)C(=O)Nc1ccc(N2CCCC2=O)cn1.Cl. The molecule has 2 atom stereocenters. The Hall–Kier alpha value is -1.66. The van der Waals surface area contributed by atoms with Gasteiger partial charge in [-0.15, -0.1) is 12.4 Å². The number of pyridine rings is 1. The lowest BCUT2D eigenvalue weighted by atomic mass is 9.99. The molecule has 0 aromatic carbocycles. The van der Waals surface area contributed by atoms with Crippen molar-refractivity contribution in [1.82, 2.24) is 4.98 Å². The van der Waals surface area contributed by atoms with Gasteiger partial charge < -0.3 is 16.0 Å². The van der Waals surface area contributed by atoms with Crippen LogP contribution in [0.2, 0.25) is 0 Å². The third kappa shape index (κ3) is 4.18. The molecule has 22 heavy (non-hydrogen) atoms. The molecule has 2 amide bonds. The molecule has 0 bridgehead atoms. The van der Waals surface area contributed by atoms with E-state index in [0.717, 1.165) is 25.1 Å². The van der Waals surface area contributed by atoms with Gasteiger partial charge in [-0.05, 0) is 24.5 Å². The van der Waals surface area contributed by atoms with Crippen molar-refractivity contribution in [3.63, 3.8) is 0 Å². The predicted octanol–water partition coefficient (Wildman–Crippen LogP) is 1.94. The van der Waals surface area contributed by atoms with E-state index in [-0.39, 0.29) is 30.1 Å². The Morgan fingerprint density at radius 3 is 2.73 bits per heavy atom. The molecule has 1 aromatic rings. The smallest absolute Gasteiger partial charge is 0.242 e. The van der Waals surface area contributed by atoms with Gasteiger partial charge in [-0.25, -0.2) is 4.98 Å². The minimum Gasteiger partial charge on any atom is -0.320 e. The number of halogens is 1. The third-order valence-corrected chi connectivity index (χ3v) is 3.94. The molecule has 3 N–H and O–H groups in total. The highest BCUT2D eigenvalue weighted by molar-refractivity contribution is 5.96. The van der Waals surface area contributed by atoms with E-state index >= 15 is 0 Å². The zero-order chi connectivity index (χ0) is 15.4. The van der Waals surface area contributed by atoms with Crippen LogP contribution >= 0.6 is 12.4 Å². The zero-order valence-corrected chi connectivity index (χ0v) is 13.7. The average Bonchev–Trinajstić information content (AvgIpc) is 2.92. The van der Waals surface area contributed by atoms with Crippen LogP contribution in [0.25, 0.3) is 0 Å². The van der Waals surface area contributed by atoms with Gasteiger partial charge >= 0.3 is 0 Å². The van der Waals surface area contributed by atoms with E-state index in [4.69, 9.17) is 5.73 Å². The summed E-state index contributed by atoms with van der Waals surface area (Å²) in [7, 11) is 0. The van der Waals surface area contributed by atoms with E-state index in [1.54, 1.807) is 23.2 Å². The molecule has 0 aliphatic carbocycles. The van der Waals surface area contributed by atoms with Gasteiger partial charge in [0.05, 0.1) is 17.9 Å². The third-order valence-electron chi connectivity index (χ3n) is 3.94. The van der Waals surface area contributed by atoms with E-state index in [1.807, 2.05) is 13.8 Å². The lowest BCUT2D eigenvalue weighted by Gasteiger charge is -2.18. The first kappa shape index (κ1) is 18.4. The van der Waals surface area contributed by atoms with Gasteiger partial charge in [-0.3, -0.25) is 9.59 Å². The summed E-state index contributed by atoms with van der Waals surface area (Å²) in [6.07, 6.45) is 3.91. The molecule has 0 spiro atoms. The average molecular weight is 327 g/mol. The van der Waals surface area contributed by atoms with Crippen molar-refractivity contribution in [3.8, 4) is 0 Å². The molecule has 7 heteroatoms. The second-order valence-electron chi connectivity index (χ2n) is 5.45. The molecular formula is C15H23ClN4O2. The van der Waals surface area contributed by atoms with Crippen LogP contribution in [-0.2, 0) is 9.59 Å². The first-order valence-electron chi connectivity index (χ1n) is 7.35. The Kier molecular flexibility index (Phi) is 6.77. The number of hydrogen-bond acceptors (Lipinski definition) is 4. The van der Waals surface area contributed by atoms with Crippen LogP contribution in [0.4, 0.5) is 11.5 Å². The molecular weight excluding hydrogens is 304 g/mol. The summed E-state index contributed by atoms with van der Waals surface area (Å²) in [5, 5.41) is 2.71. The number of rotatable bonds is 5. The number of nitrogens with zero attached hydrogens (tertiary/aromatic N) is 2. The van der Waals surface area contributed by atoms with Crippen LogP contribution < -0.4 is 16.0 Å². The quantitative estimate of drug-likeness (QED) is 0.865. The van der Waals surface area contributed by atoms with E-state index < -0.39 is 6.04 Å². The van der Waals surface area contributed by atoms with E-state index in [1.165, 1.54) is 0 Å². The van der Waals surface area contributed by atoms with Crippen LogP contribution in [0.3, 0.4) is 0 Å². The number of nitrogens with one attached hydrogen (secondary N) is 1. The summed E-state index contributed by atoms with van der Waals surface area (Å²) < 4.78 is 0. The molecule has 1 aliphatic heterocycles. The fourth-order valence-electron chi connectivity index (χ4n) is 2.26. The lowest BCUT2D eigenvalue weighted by Crippen LogP contribution is -2.40. The molecule has 2 unspecified atom stereocenters. The fourth-order valence-corrected chi connectivity index (χ4v) is 2.26. The largest absolute Gasteiger partial charge is 0.320 e. The van der Waals surface area contributed by atoms with Gasteiger partial charge in [-0.2, -0.15) is 0 Å². The monoisotopic (exact) mass is 326 g/mol. The maximum absolute atomic E-state index is 12.0. The molecule has 0 saturated carbocycles. The van der Waals surface area contributed by atoms with Crippen LogP contribution in [0, 0.1) is 5.92 Å². The zero-order valence-electron chi connectivity index (χ0n) is 12.9. The number of anilines is 2. The number of carbonyl (C=O) groups is 2. The lowest BCUT2D eigenvalue weighted by molar-refractivity contribution is -0.118. The van der Waals surface area contributed by atoms with Crippen LogP contribution in [0.15, 0.2) is 18.3 Å². The number of hydrogen-bond donors (Lipinski definition) is 2. The Morgan fingerprint density at radius 2 is 2.23 bits per heavy atom. The highest BCUT2D eigenvalue weighted by Gasteiger charge is 2.22. The first-order valence-corrected chi connectivity index (χ1v) is 7.35. The molecule has 1 aromatic heterocycles. The second-order valence-corrected chi connectivity index (χ2v) is 5.45.